The van der Waals surface area contributed by atoms with E-state index < -0.39 is 5.97 Å². The molecule has 0 bridgehead atoms. The van der Waals surface area contributed by atoms with E-state index in [9.17, 15) is 9.59 Å². The number of amides is 1. The van der Waals surface area contributed by atoms with Gasteiger partial charge in [-0.05, 0) is 67.1 Å². The minimum atomic E-state index is -0.398. The number of esters is 1. The van der Waals surface area contributed by atoms with Crippen LogP contribution in [-0.2, 0) is 4.79 Å². The van der Waals surface area contributed by atoms with E-state index in [1.807, 2.05) is 26.0 Å². The summed E-state index contributed by atoms with van der Waals surface area (Å²) in [5.74, 6) is 0.734. The van der Waals surface area contributed by atoms with Gasteiger partial charge in [0.05, 0.1) is 5.56 Å². The highest BCUT2D eigenvalue weighted by Gasteiger charge is 2.16. The lowest BCUT2D eigenvalue weighted by molar-refractivity contribution is -0.119. The Kier molecular flexibility index (Phi) is 6.85. The summed E-state index contributed by atoms with van der Waals surface area (Å²) in [5.41, 5.74) is 2.47. The van der Waals surface area contributed by atoms with E-state index in [2.05, 4.69) is 17.4 Å². The maximum Gasteiger partial charge on any atom is 0.343 e. The van der Waals surface area contributed by atoms with Crippen molar-refractivity contribution < 1.29 is 14.3 Å². The van der Waals surface area contributed by atoms with Crippen molar-refractivity contribution in [2.24, 2.45) is 5.92 Å². The summed E-state index contributed by atoms with van der Waals surface area (Å²) in [5, 5.41) is 2.85. The van der Waals surface area contributed by atoms with Gasteiger partial charge in [0.15, 0.2) is 0 Å². The van der Waals surface area contributed by atoms with E-state index in [-0.39, 0.29) is 11.8 Å². The number of ether oxygens (including phenoxy) is 1. The van der Waals surface area contributed by atoms with Crippen LogP contribution >= 0.6 is 0 Å². The fraction of sp³-hybridized carbons (Fsp3) is 0.417. The summed E-state index contributed by atoms with van der Waals surface area (Å²) in [6.45, 7) is 3.87. The molecule has 28 heavy (non-hydrogen) atoms. The van der Waals surface area contributed by atoms with E-state index in [1.165, 1.54) is 37.7 Å². The molecule has 0 heterocycles. The Morgan fingerprint density at radius 3 is 2.25 bits per heavy atom. The Balaban J connectivity index is 1.57. The van der Waals surface area contributed by atoms with Gasteiger partial charge in [0.2, 0.25) is 5.91 Å². The highest BCUT2D eigenvalue weighted by molar-refractivity contribution is 5.94. The van der Waals surface area contributed by atoms with Crippen LogP contribution in [0.5, 0.6) is 5.75 Å². The number of carbonyl (C=O) groups excluding carboxylic acids is 2. The highest BCUT2D eigenvalue weighted by Crippen LogP contribution is 2.33. The lowest BCUT2D eigenvalue weighted by atomic mass is 9.84. The maximum atomic E-state index is 12.4. The molecule has 1 amide bonds. The zero-order valence-corrected chi connectivity index (χ0v) is 16.7. The molecule has 1 unspecified atom stereocenters. The SMILES string of the molecule is CCC(C)C(=O)Nc1ccc(C(=O)Oc2ccc(C3CCCCC3)cc2)cc1. The first kappa shape index (κ1) is 20.1. The van der Waals surface area contributed by atoms with Crippen LogP contribution < -0.4 is 10.1 Å². The first-order valence-electron chi connectivity index (χ1n) is 10.3. The molecular formula is C24H29NO3. The van der Waals surface area contributed by atoms with Gasteiger partial charge in [-0.25, -0.2) is 4.79 Å². The largest absolute Gasteiger partial charge is 0.423 e. The molecule has 0 saturated heterocycles. The minimum Gasteiger partial charge on any atom is -0.423 e. The lowest BCUT2D eigenvalue weighted by Gasteiger charge is -2.22. The maximum absolute atomic E-state index is 12.4. The zero-order chi connectivity index (χ0) is 19.9. The fourth-order valence-corrected chi connectivity index (χ4v) is 3.55. The predicted octanol–water partition coefficient (Wildman–Crippen LogP) is 5.94. The monoisotopic (exact) mass is 379 g/mol. The molecule has 1 fully saturated rings. The highest BCUT2D eigenvalue weighted by atomic mass is 16.5. The Hall–Kier alpha value is -2.62. The number of carbonyl (C=O) groups is 2. The number of hydrogen-bond donors (Lipinski definition) is 1. The second kappa shape index (κ2) is 9.54. The van der Waals surface area contributed by atoms with Crippen LogP contribution in [0.25, 0.3) is 0 Å². The Bertz CT molecular complexity index is 790. The van der Waals surface area contributed by atoms with E-state index in [1.54, 1.807) is 24.3 Å². The summed E-state index contributed by atoms with van der Waals surface area (Å²) in [6, 6.07) is 14.7. The smallest absolute Gasteiger partial charge is 0.343 e. The van der Waals surface area contributed by atoms with Gasteiger partial charge < -0.3 is 10.1 Å². The number of benzene rings is 2. The van der Waals surface area contributed by atoms with Crippen molar-refractivity contribution in [3.8, 4) is 5.75 Å². The summed E-state index contributed by atoms with van der Waals surface area (Å²) in [4.78, 5) is 24.3. The van der Waals surface area contributed by atoms with Crippen molar-refractivity contribution in [3.05, 3.63) is 59.7 Å². The number of anilines is 1. The molecule has 0 spiro atoms. The van der Waals surface area contributed by atoms with E-state index in [0.29, 0.717) is 22.9 Å². The first-order chi connectivity index (χ1) is 13.6. The quantitative estimate of drug-likeness (QED) is 0.499. The molecule has 1 aliphatic carbocycles. The van der Waals surface area contributed by atoms with Crippen molar-refractivity contribution in [2.45, 2.75) is 58.3 Å². The van der Waals surface area contributed by atoms with Crippen LogP contribution in [0.15, 0.2) is 48.5 Å². The molecule has 148 valence electrons. The third-order valence-electron chi connectivity index (χ3n) is 5.62. The summed E-state index contributed by atoms with van der Waals surface area (Å²) in [7, 11) is 0. The van der Waals surface area contributed by atoms with Crippen molar-refractivity contribution in [2.75, 3.05) is 5.32 Å². The summed E-state index contributed by atoms with van der Waals surface area (Å²) < 4.78 is 5.49. The van der Waals surface area contributed by atoms with Gasteiger partial charge in [-0.1, -0.05) is 45.2 Å². The molecule has 4 nitrogen and oxygen atoms in total. The molecule has 1 N–H and O–H groups in total. The number of hydrogen-bond acceptors (Lipinski definition) is 3. The average Bonchev–Trinajstić information content (AvgIpc) is 2.74. The predicted molar refractivity (Wildman–Crippen MR) is 112 cm³/mol. The second-order valence-electron chi connectivity index (χ2n) is 7.67. The second-order valence-corrected chi connectivity index (χ2v) is 7.67. The average molecular weight is 380 g/mol. The van der Waals surface area contributed by atoms with Crippen LogP contribution in [0.1, 0.15) is 74.2 Å². The zero-order valence-electron chi connectivity index (χ0n) is 16.7. The molecular weight excluding hydrogens is 350 g/mol. The third-order valence-corrected chi connectivity index (χ3v) is 5.62. The van der Waals surface area contributed by atoms with Gasteiger partial charge in [0, 0.05) is 11.6 Å². The van der Waals surface area contributed by atoms with Crippen LogP contribution in [0, 0.1) is 5.92 Å². The molecule has 0 aliphatic heterocycles. The molecule has 2 aromatic rings. The molecule has 3 rings (SSSR count). The van der Waals surface area contributed by atoms with Crippen molar-refractivity contribution in [3.63, 3.8) is 0 Å². The Morgan fingerprint density at radius 2 is 1.64 bits per heavy atom. The molecule has 0 aromatic heterocycles. The molecule has 4 heteroatoms. The molecule has 1 aliphatic rings. The molecule has 2 aromatic carbocycles. The van der Waals surface area contributed by atoms with E-state index in [0.717, 1.165) is 6.42 Å². The van der Waals surface area contributed by atoms with Crippen LogP contribution in [0.3, 0.4) is 0 Å². The molecule has 1 saturated carbocycles. The topological polar surface area (TPSA) is 55.4 Å². The Labute approximate surface area is 167 Å². The van der Waals surface area contributed by atoms with E-state index >= 15 is 0 Å². The van der Waals surface area contributed by atoms with Crippen molar-refractivity contribution in [1.29, 1.82) is 0 Å². The van der Waals surface area contributed by atoms with Gasteiger partial charge in [0.1, 0.15) is 5.75 Å². The van der Waals surface area contributed by atoms with Gasteiger partial charge in [0.25, 0.3) is 0 Å². The molecule has 1 atom stereocenters. The minimum absolute atomic E-state index is 0.0177. The summed E-state index contributed by atoms with van der Waals surface area (Å²) >= 11 is 0. The van der Waals surface area contributed by atoms with Crippen molar-refractivity contribution in [1.82, 2.24) is 0 Å². The normalized spacial score (nSPS) is 15.6. The molecule has 0 radical (unpaired) electrons. The number of nitrogens with one attached hydrogen (secondary N) is 1. The fourth-order valence-electron chi connectivity index (χ4n) is 3.55. The summed E-state index contributed by atoms with van der Waals surface area (Å²) in [6.07, 6.45) is 7.23. The van der Waals surface area contributed by atoms with Gasteiger partial charge in [-0.15, -0.1) is 0 Å². The standard InChI is InChI=1S/C24H29NO3/c1-3-17(2)23(26)25-21-13-9-20(10-14-21)24(27)28-22-15-11-19(12-16-22)18-7-5-4-6-8-18/h9-18H,3-8H2,1-2H3,(H,25,26). The van der Waals surface area contributed by atoms with Gasteiger partial charge in [-0.2, -0.15) is 0 Å². The van der Waals surface area contributed by atoms with Crippen LogP contribution in [0.2, 0.25) is 0 Å². The van der Waals surface area contributed by atoms with Crippen molar-refractivity contribution >= 4 is 17.6 Å². The first-order valence-corrected chi connectivity index (χ1v) is 10.3. The Morgan fingerprint density at radius 1 is 1.00 bits per heavy atom. The third kappa shape index (κ3) is 5.22. The van der Waals surface area contributed by atoms with Gasteiger partial charge in [-0.3, -0.25) is 4.79 Å². The van der Waals surface area contributed by atoms with Gasteiger partial charge >= 0.3 is 5.97 Å². The van der Waals surface area contributed by atoms with E-state index in [4.69, 9.17) is 4.74 Å². The van der Waals surface area contributed by atoms with Crippen LogP contribution in [0.4, 0.5) is 5.69 Å². The number of rotatable bonds is 6. The lowest BCUT2D eigenvalue weighted by Crippen LogP contribution is -2.19. The van der Waals surface area contributed by atoms with Crippen LogP contribution in [-0.4, -0.2) is 11.9 Å².